The van der Waals surface area contributed by atoms with Gasteiger partial charge in [0.05, 0.1) is 7.11 Å². The van der Waals surface area contributed by atoms with Gasteiger partial charge in [-0.1, -0.05) is 19.6 Å². The van der Waals surface area contributed by atoms with Crippen LogP contribution in [0.3, 0.4) is 0 Å². The van der Waals surface area contributed by atoms with Crippen molar-refractivity contribution in [1.29, 1.82) is 0 Å². The molecule has 2 unspecified atom stereocenters. The molecule has 0 bridgehead atoms. The molecule has 2 heterocycles. The van der Waals surface area contributed by atoms with Gasteiger partial charge in [0.1, 0.15) is 25.1 Å². The van der Waals surface area contributed by atoms with Crippen LogP contribution in [-0.2, 0) is 27.2 Å². The number of esters is 1. The number of ether oxygens (including phenoxy) is 1. The first-order valence-electron chi connectivity index (χ1n) is 12.2. The molecule has 0 aliphatic carbocycles. The highest BCUT2D eigenvalue weighted by Gasteiger charge is 2.20. The number of carbonyl (C=O) groups is 2. The zero-order valence-corrected chi connectivity index (χ0v) is 26.1. The number of carboxylic acid groups (broad SMARTS) is 1. The Balaban J connectivity index is 0.000000627. The van der Waals surface area contributed by atoms with Gasteiger partial charge < -0.3 is 48.8 Å². The van der Waals surface area contributed by atoms with E-state index in [0.717, 1.165) is 29.1 Å². The monoisotopic (exact) mass is 634 g/mol. The second-order valence-electron chi connectivity index (χ2n) is 9.65. The first-order chi connectivity index (χ1) is 18.7. The van der Waals surface area contributed by atoms with Crippen LogP contribution in [0, 0.1) is 11.6 Å². The molecule has 2 aromatic carbocycles. The van der Waals surface area contributed by atoms with Crippen molar-refractivity contribution >= 4 is 52.2 Å². The first-order valence-corrected chi connectivity index (χ1v) is 16.7. The van der Waals surface area contributed by atoms with Crippen LogP contribution in [0.15, 0.2) is 48.8 Å². The van der Waals surface area contributed by atoms with Crippen molar-refractivity contribution < 1.29 is 51.5 Å². The second-order valence-corrected chi connectivity index (χ2v) is 17.2. The number of nitrogens with one attached hydrogen (secondary N) is 2. The van der Waals surface area contributed by atoms with Gasteiger partial charge in [-0.05, 0) is 47.5 Å². The molecule has 14 heteroatoms. The number of fused-ring (bicyclic) bond motifs is 2. The molecule has 0 radical (unpaired) electrons. The van der Waals surface area contributed by atoms with Crippen LogP contribution in [0.5, 0.6) is 0 Å². The van der Waals surface area contributed by atoms with E-state index < -0.39 is 25.4 Å². The molecule has 0 aliphatic heterocycles. The SMILES string of the molecule is CO.COC(=O)C([NH3+])Cc1c[nH]c2ccc(F)cc12.C[Si](C)(C)Cl.NC(Cc1c[nH]c2ccc(F)cc12)C(=O)O.[Cl-]. The average Bonchev–Trinajstić information content (AvgIpc) is 3.47. The molecule has 0 amide bonds. The Morgan fingerprint density at radius 2 is 1.37 bits per heavy atom. The van der Waals surface area contributed by atoms with Gasteiger partial charge in [-0.25, -0.2) is 13.6 Å². The van der Waals surface area contributed by atoms with Gasteiger partial charge in [0, 0.05) is 54.2 Å². The number of aliphatic carboxylic acids is 1. The van der Waals surface area contributed by atoms with Gasteiger partial charge in [0.25, 0.3) is 0 Å². The number of H-pyrrole nitrogens is 2. The average molecular weight is 636 g/mol. The summed E-state index contributed by atoms with van der Waals surface area (Å²) in [6, 6.07) is 7.39. The topological polar surface area (TPSA) is 169 Å². The lowest BCUT2D eigenvalue weighted by Crippen LogP contribution is -3.00. The van der Waals surface area contributed by atoms with Crippen molar-refractivity contribution in [3.8, 4) is 0 Å². The summed E-state index contributed by atoms with van der Waals surface area (Å²) < 4.78 is 30.8. The molecule has 228 valence electrons. The Labute approximate surface area is 249 Å². The number of benzene rings is 2. The van der Waals surface area contributed by atoms with E-state index in [1.54, 1.807) is 24.5 Å². The van der Waals surface area contributed by atoms with Crippen molar-refractivity contribution in [1.82, 2.24) is 9.97 Å². The Kier molecular flexibility index (Phi) is 16.4. The molecule has 0 saturated heterocycles. The maximum Gasteiger partial charge on any atom is 0.364 e. The minimum Gasteiger partial charge on any atom is -1.00 e. The predicted molar refractivity (Wildman–Crippen MR) is 156 cm³/mol. The summed E-state index contributed by atoms with van der Waals surface area (Å²) in [7, 11) is 1.19. The summed E-state index contributed by atoms with van der Waals surface area (Å²) in [6.45, 7) is 6.28. The first kappa shape index (κ1) is 38.0. The third kappa shape index (κ3) is 13.0. The third-order valence-corrected chi connectivity index (χ3v) is 5.22. The zero-order chi connectivity index (χ0) is 30.6. The molecule has 41 heavy (non-hydrogen) atoms. The van der Waals surface area contributed by atoms with E-state index >= 15 is 0 Å². The number of carboxylic acids is 1. The van der Waals surface area contributed by atoms with E-state index in [9.17, 15) is 18.4 Å². The number of hydrogen-bond donors (Lipinski definition) is 6. The van der Waals surface area contributed by atoms with E-state index in [4.69, 9.17) is 27.0 Å². The molecule has 0 spiro atoms. The molecular weight excluding hydrogens is 597 g/mol. The molecule has 0 fully saturated rings. The number of aromatic nitrogens is 2. The number of hydrogen-bond acceptors (Lipinski definition) is 5. The molecule has 2 aromatic heterocycles. The summed E-state index contributed by atoms with van der Waals surface area (Å²) in [6.07, 6.45) is 4.03. The lowest BCUT2D eigenvalue weighted by Gasteiger charge is -2.05. The van der Waals surface area contributed by atoms with Crippen molar-refractivity contribution in [2.75, 3.05) is 14.2 Å². The molecule has 4 aromatic rings. The van der Waals surface area contributed by atoms with Gasteiger partial charge >= 0.3 is 11.9 Å². The summed E-state index contributed by atoms with van der Waals surface area (Å²) >= 11 is 5.67. The van der Waals surface area contributed by atoms with Gasteiger partial charge in [-0.3, -0.25) is 4.79 Å². The fraction of sp³-hybridized carbons (Fsp3) is 0.333. The van der Waals surface area contributed by atoms with Gasteiger partial charge in [0.15, 0.2) is 6.04 Å². The number of methoxy groups -OCH3 is 1. The van der Waals surface area contributed by atoms with Crippen LogP contribution in [0.25, 0.3) is 21.8 Å². The third-order valence-electron chi connectivity index (χ3n) is 5.22. The Morgan fingerprint density at radius 1 is 0.976 bits per heavy atom. The fourth-order valence-electron chi connectivity index (χ4n) is 3.48. The van der Waals surface area contributed by atoms with Crippen LogP contribution in [0.4, 0.5) is 8.78 Å². The predicted octanol–water partition coefficient (Wildman–Crippen LogP) is 0.567. The highest BCUT2D eigenvalue weighted by molar-refractivity contribution is 7.18. The second kappa shape index (κ2) is 17.7. The van der Waals surface area contributed by atoms with E-state index in [2.05, 4.69) is 40.1 Å². The number of carbonyl (C=O) groups excluding carboxylic acids is 1. The van der Waals surface area contributed by atoms with E-state index in [-0.39, 0.29) is 36.4 Å². The molecule has 0 aliphatic rings. The minimum absolute atomic E-state index is 0. The molecule has 2 atom stereocenters. The molecule has 9 nitrogen and oxygen atoms in total. The number of rotatable bonds is 6. The van der Waals surface area contributed by atoms with Crippen molar-refractivity contribution in [2.45, 2.75) is 44.6 Å². The van der Waals surface area contributed by atoms with E-state index in [1.165, 1.54) is 31.4 Å². The Hall–Kier alpha value is -3.00. The number of quaternary nitrogens is 1. The van der Waals surface area contributed by atoms with E-state index in [0.29, 0.717) is 17.4 Å². The lowest BCUT2D eigenvalue weighted by molar-refractivity contribution is -0.407. The zero-order valence-electron chi connectivity index (χ0n) is 23.6. The summed E-state index contributed by atoms with van der Waals surface area (Å²) in [5, 5.41) is 17.2. The summed E-state index contributed by atoms with van der Waals surface area (Å²) in [4.78, 5) is 27.9. The Bertz CT molecular complexity index is 1390. The van der Waals surface area contributed by atoms with Crippen LogP contribution in [0.1, 0.15) is 11.1 Å². The number of aliphatic hydroxyl groups excluding tert-OH is 1. The molecule has 0 saturated carbocycles. The van der Waals surface area contributed by atoms with Crippen LogP contribution >= 0.6 is 11.1 Å². The normalized spacial score (nSPS) is 11.9. The quantitative estimate of drug-likeness (QED) is 0.103. The largest absolute Gasteiger partial charge is 1.00 e. The highest BCUT2D eigenvalue weighted by atomic mass is 35.6. The van der Waals surface area contributed by atoms with Gasteiger partial charge in [0.2, 0.25) is 0 Å². The van der Waals surface area contributed by atoms with Crippen LogP contribution in [0.2, 0.25) is 19.6 Å². The van der Waals surface area contributed by atoms with Gasteiger partial charge in [-0.2, -0.15) is 11.1 Å². The smallest absolute Gasteiger partial charge is 0.364 e. The fourth-order valence-corrected chi connectivity index (χ4v) is 3.48. The van der Waals surface area contributed by atoms with Crippen molar-refractivity contribution in [3.05, 3.63) is 71.6 Å². The van der Waals surface area contributed by atoms with Crippen molar-refractivity contribution in [3.63, 3.8) is 0 Å². The number of halogens is 4. The lowest BCUT2D eigenvalue weighted by atomic mass is 10.1. The number of aliphatic hydroxyl groups is 1. The standard InChI is InChI=1S/C12H13FN2O2.C11H11FN2O2.C3H9ClSi.CH4O.ClH/c1-17-12(16)10(14)4-7-6-15-11-3-2-8(13)5-9(7)11;12-7-1-2-10-8(4-7)6(5-14-10)3-9(13)11(15)16;1-5(2,3)4;1-2;/h2-3,5-6,10,15H,4,14H2,1H3;1-2,4-5,9,14H,3,13H2,(H,15,16);1-3H3;2H,1H3;1H. The number of nitrogens with two attached hydrogens (primary N) is 1. The molecule has 9 N–H and O–H groups in total. The minimum atomic E-state index is -1.14. The number of aromatic amines is 2. The summed E-state index contributed by atoms with van der Waals surface area (Å²) in [5.74, 6) is -2.07. The van der Waals surface area contributed by atoms with Gasteiger partial charge in [-0.15, -0.1) is 0 Å². The van der Waals surface area contributed by atoms with Crippen molar-refractivity contribution in [2.24, 2.45) is 5.73 Å². The Morgan fingerprint density at radius 3 is 1.73 bits per heavy atom. The van der Waals surface area contributed by atoms with E-state index in [1.807, 2.05) is 0 Å². The molecular formula is C27H38Cl2F2N4O5Si. The maximum atomic E-state index is 13.1. The van der Waals surface area contributed by atoms with Crippen LogP contribution < -0.4 is 23.9 Å². The highest BCUT2D eigenvalue weighted by Crippen LogP contribution is 2.21. The molecule has 4 rings (SSSR count). The summed E-state index contributed by atoms with van der Waals surface area (Å²) in [5.41, 5.74) is 12.4. The maximum absolute atomic E-state index is 13.1. The van der Waals surface area contributed by atoms with Crippen LogP contribution in [-0.4, -0.2) is 65.8 Å².